The Balaban J connectivity index is 2.00. The second-order valence-electron chi connectivity index (χ2n) is 8.94. The van der Waals surface area contributed by atoms with E-state index in [0.29, 0.717) is 5.56 Å². The summed E-state index contributed by atoms with van der Waals surface area (Å²) in [6.45, 7) is 16.2. The number of benzene rings is 2. The van der Waals surface area contributed by atoms with E-state index in [2.05, 4.69) is 6.58 Å². The van der Waals surface area contributed by atoms with Crippen LogP contribution in [-0.2, 0) is 14.7 Å². The van der Waals surface area contributed by atoms with E-state index in [4.69, 9.17) is 14.0 Å². The van der Waals surface area contributed by atoms with Crippen molar-refractivity contribution in [1.82, 2.24) is 0 Å². The topological polar surface area (TPSA) is 27.7 Å². The van der Waals surface area contributed by atoms with Gasteiger partial charge in [0, 0.05) is 11.0 Å². The number of allylic oxidation sites excluding steroid dienone is 1. The smallest absolute Gasteiger partial charge is 0.494 e. The Morgan fingerprint density at radius 2 is 1.59 bits per heavy atom. The Morgan fingerprint density at radius 1 is 1.03 bits per heavy atom. The molecule has 0 N–H and O–H groups in total. The molecule has 0 spiro atoms. The number of rotatable bonds is 5. The number of hydrogen-bond donors (Lipinski definition) is 0. The predicted molar refractivity (Wildman–Crippen MR) is 116 cm³/mol. The normalized spacial score (nSPS) is 19.7. The fourth-order valence-electron chi connectivity index (χ4n) is 3.64. The summed E-state index contributed by atoms with van der Waals surface area (Å²) in [5.41, 5.74) is 1.76. The minimum Gasteiger partial charge on any atom is -0.494 e. The molecule has 1 aliphatic heterocycles. The second-order valence-corrected chi connectivity index (χ2v) is 8.94. The zero-order valence-corrected chi connectivity index (χ0v) is 18.4. The summed E-state index contributed by atoms with van der Waals surface area (Å²) in [6, 6.07) is 13.2. The SMILES string of the molecule is C=C(C)C(C)(c1ccc(B2OC(C)(C)C(C)(C)O2)cc1)c1cccc(OC)c1F. The van der Waals surface area contributed by atoms with Crippen LogP contribution in [-0.4, -0.2) is 25.4 Å². The van der Waals surface area contributed by atoms with Gasteiger partial charge in [-0.05, 0) is 58.6 Å². The molecule has 1 heterocycles. The maximum atomic E-state index is 15.1. The minimum atomic E-state index is -0.701. The van der Waals surface area contributed by atoms with E-state index < -0.39 is 23.7 Å². The van der Waals surface area contributed by atoms with Crippen LogP contribution in [0.25, 0.3) is 0 Å². The number of halogens is 1. The van der Waals surface area contributed by atoms with E-state index in [1.807, 2.05) is 65.8 Å². The van der Waals surface area contributed by atoms with Crippen molar-refractivity contribution in [2.24, 2.45) is 0 Å². The van der Waals surface area contributed by atoms with E-state index >= 15 is 4.39 Å². The summed E-state index contributed by atoms with van der Waals surface area (Å²) in [7, 11) is 1.04. The van der Waals surface area contributed by atoms with Gasteiger partial charge in [-0.25, -0.2) is 4.39 Å². The quantitative estimate of drug-likeness (QED) is 0.525. The molecule has 0 amide bonds. The molecule has 0 aliphatic carbocycles. The van der Waals surface area contributed by atoms with Gasteiger partial charge in [-0.1, -0.05) is 48.6 Å². The average molecular weight is 396 g/mol. The van der Waals surface area contributed by atoms with Gasteiger partial charge in [-0.2, -0.15) is 0 Å². The molecule has 1 aliphatic rings. The lowest BCUT2D eigenvalue weighted by Crippen LogP contribution is -2.41. The summed E-state index contributed by atoms with van der Waals surface area (Å²) in [4.78, 5) is 0. The molecule has 3 nitrogen and oxygen atoms in total. The van der Waals surface area contributed by atoms with E-state index in [0.717, 1.165) is 16.6 Å². The molecule has 0 radical (unpaired) electrons. The van der Waals surface area contributed by atoms with Crippen molar-refractivity contribution < 1.29 is 18.4 Å². The summed E-state index contributed by atoms with van der Waals surface area (Å²) in [5, 5.41) is 0. The van der Waals surface area contributed by atoms with Crippen molar-refractivity contribution in [3.8, 4) is 5.75 Å². The van der Waals surface area contributed by atoms with Gasteiger partial charge in [0.15, 0.2) is 11.6 Å². The Bertz CT molecular complexity index is 904. The molecule has 29 heavy (non-hydrogen) atoms. The first-order chi connectivity index (χ1) is 13.4. The molecule has 0 aromatic heterocycles. The first-order valence-corrected chi connectivity index (χ1v) is 9.89. The molecular formula is C24H30BFO3. The van der Waals surface area contributed by atoms with Crippen LogP contribution < -0.4 is 10.2 Å². The van der Waals surface area contributed by atoms with Gasteiger partial charge in [-0.3, -0.25) is 0 Å². The van der Waals surface area contributed by atoms with Gasteiger partial charge in [-0.15, -0.1) is 0 Å². The van der Waals surface area contributed by atoms with Crippen molar-refractivity contribution >= 4 is 12.6 Å². The largest absolute Gasteiger partial charge is 0.494 e. The molecule has 1 atom stereocenters. The standard InChI is InChI=1S/C24H30BFO3/c1-16(2)24(7,19-10-9-11-20(27-8)21(19)26)17-12-14-18(15-13-17)25-28-22(3,4)23(5,6)29-25/h9-15H,1H2,2-8H3. The molecule has 0 saturated carbocycles. The highest BCUT2D eigenvalue weighted by atomic mass is 19.1. The molecule has 2 aromatic rings. The Kier molecular flexibility index (Phi) is 5.44. The van der Waals surface area contributed by atoms with Crippen molar-refractivity contribution in [2.75, 3.05) is 7.11 Å². The fourth-order valence-corrected chi connectivity index (χ4v) is 3.64. The van der Waals surface area contributed by atoms with Crippen LogP contribution in [0.5, 0.6) is 5.75 Å². The third kappa shape index (κ3) is 3.51. The van der Waals surface area contributed by atoms with Gasteiger partial charge in [0.05, 0.1) is 18.3 Å². The number of hydrogen-bond acceptors (Lipinski definition) is 3. The lowest BCUT2D eigenvalue weighted by atomic mass is 9.70. The average Bonchev–Trinajstić information content (AvgIpc) is 2.88. The maximum Gasteiger partial charge on any atom is 0.494 e. The molecule has 1 unspecified atom stereocenters. The highest BCUT2D eigenvalue weighted by molar-refractivity contribution is 6.62. The van der Waals surface area contributed by atoms with E-state index in [9.17, 15) is 0 Å². The summed E-state index contributed by atoms with van der Waals surface area (Å²) in [5.74, 6) is -0.139. The summed E-state index contributed by atoms with van der Waals surface area (Å²) >= 11 is 0. The third-order valence-electron chi connectivity index (χ3n) is 6.59. The molecule has 154 valence electrons. The zero-order chi connectivity index (χ0) is 21.6. The minimum absolute atomic E-state index is 0.226. The van der Waals surface area contributed by atoms with Gasteiger partial charge in [0.2, 0.25) is 0 Å². The zero-order valence-electron chi connectivity index (χ0n) is 18.4. The molecule has 1 fully saturated rings. The molecule has 1 saturated heterocycles. The van der Waals surface area contributed by atoms with Gasteiger partial charge >= 0.3 is 7.12 Å². The fraction of sp³-hybridized carbons (Fsp3) is 0.417. The van der Waals surface area contributed by atoms with E-state index in [-0.39, 0.29) is 11.6 Å². The van der Waals surface area contributed by atoms with E-state index in [1.54, 1.807) is 18.2 Å². The van der Waals surface area contributed by atoms with Crippen LogP contribution in [0.15, 0.2) is 54.6 Å². The molecular weight excluding hydrogens is 366 g/mol. The first-order valence-electron chi connectivity index (χ1n) is 9.89. The van der Waals surface area contributed by atoms with Crippen molar-refractivity contribution in [2.45, 2.75) is 58.2 Å². The highest BCUT2D eigenvalue weighted by Crippen LogP contribution is 2.41. The second kappa shape index (κ2) is 7.30. The lowest BCUT2D eigenvalue weighted by Gasteiger charge is -2.32. The Labute approximate surface area is 174 Å². The predicted octanol–water partition coefficient (Wildman–Crippen LogP) is 5.02. The summed E-state index contributed by atoms with van der Waals surface area (Å²) in [6.07, 6.45) is 0. The first kappa shape index (κ1) is 21.6. The van der Waals surface area contributed by atoms with Crippen LogP contribution >= 0.6 is 0 Å². The molecule has 2 aromatic carbocycles. The van der Waals surface area contributed by atoms with Crippen molar-refractivity contribution in [3.05, 3.63) is 71.6 Å². The van der Waals surface area contributed by atoms with Crippen LogP contribution in [0.2, 0.25) is 0 Å². The Hall–Kier alpha value is -2.11. The van der Waals surface area contributed by atoms with Crippen LogP contribution in [0.4, 0.5) is 4.39 Å². The number of methoxy groups -OCH3 is 1. The van der Waals surface area contributed by atoms with Crippen LogP contribution in [0, 0.1) is 5.82 Å². The highest BCUT2D eigenvalue weighted by Gasteiger charge is 2.51. The van der Waals surface area contributed by atoms with Gasteiger partial charge < -0.3 is 14.0 Å². The third-order valence-corrected chi connectivity index (χ3v) is 6.59. The monoisotopic (exact) mass is 396 g/mol. The Morgan fingerprint density at radius 3 is 2.07 bits per heavy atom. The molecule has 0 bridgehead atoms. The van der Waals surface area contributed by atoms with Gasteiger partial charge in [0.1, 0.15) is 0 Å². The molecule has 5 heteroatoms. The van der Waals surface area contributed by atoms with E-state index in [1.165, 1.54) is 7.11 Å². The maximum absolute atomic E-state index is 15.1. The molecule has 3 rings (SSSR count). The number of ether oxygens (including phenoxy) is 1. The van der Waals surface area contributed by atoms with Crippen molar-refractivity contribution in [1.29, 1.82) is 0 Å². The lowest BCUT2D eigenvalue weighted by molar-refractivity contribution is 0.00578. The van der Waals surface area contributed by atoms with Crippen LogP contribution in [0.3, 0.4) is 0 Å². The van der Waals surface area contributed by atoms with Gasteiger partial charge in [0.25, 0.3) is 0 Å². The van der Waals surface area contributed by atoms with Crippen LogP contribution in [0.1, 0.15) is 52.7 Å². The summed E-state index contributed by atoms with van der Waals surface area (Å²) < 4.78 is 32.6. The van der Waals surface area contributed by atoms with Crippen molar-refractivity contribution in [3.63, 3.8) is 0 Å².